The van der Waals surface area contributed by atoms with Crippen molar-refractivity contribution in [2.24, 2.45) is 0 Å². The number of carbonyl (C=O) groups is 1. The molecule has 0 unspecified atom stereocenters. The van der Waals surface area contributed by atoms with Crippen LogP contribution in [0.3, 0.4) is 0 Å². The Morgan fingerprint density at radius 2 is 1.95 bits per heavy atom. The Balaban J connectivity index is 2.12. The maximum absolute atomic E-state index is 13.1. The molecule has 19 heavy (non-hydrogen) atoms. The van der Waals surface area contributed by atoms with Crippen LogP contribution >= 0.6 is 0 Å². The van der Waals surface area contributed by atoms with Gasteiger partial charge in [-0.3, -0.25) is 4.79 Å². The molecule has 0 aliphatic rings. The van der Waals surface area contributed by atoms with E-state index in [0.29, 0.717) is 5.76 Å². The van der Waals surface area contributed by atoms with Crippen LogP contribution in [0.15, 0.2) is 34.7 Å². The fraction of sp³-hybridized carbons (Fsp3) is 0.214. The van der Waals surface area contributed by atoms with Gasteiger partial charge >= 0.3 is 0 Å². The lowest BCUT2D eigenvalue weighted by Crippen LogP contribution is -2.26. The van der Waals surface area contributed by atoms with Crippen molar-refractivity contribution < 1.29 is 18.0 Å². The summed E-state index contributed by atoms with van der Waals surface area (Å²) in [5.74, 6) is -1.01. The minimum Gasteiger partial charge on any atom is -0.464 e. The molecule has 0 saturated heterocycles. The minimum absolute atomic E-state index is 0.102. The van der Waals surface area contributed by atoms with Crippen molar-refractivity contribution in [2.75, 3.05) is 7.05 Å². The molecule has 0 atom stereocenters. The van der Waals surface area contributed by atoms with Gasteiger partial charge in [-0.2, -0.15) is 0 Å². The first kappa shape index (κ1) is 13.3. The SMILES string of the molecule is Cc1ccc(CN(C)C(=O)c2ccc(F)c(F)c2)o1. The minimum atomic E-state index is -1.03. The van der Waals surface area contributed by atoms with E-state index in [1.165, 1.54) is 11.0 Å². The molecule has 0 N–H and O–H groups in total. The summed E-state index contributed by atoms with van der Waals surface area (Å²) < 4.78 is 31.2. The molecule has 2 aromatic rings. The highest BCUT2D eigenvalue weighted by molar-refractivity contribution is 5.93. The maximum atomic E-state index is 13.1. The highest BCUT2D eigenvalue weighted by atomic mass is 19.2. The average molecular weight is 265 g/mol. The van der Waals surface area contributed by atoms with Gasteiger partial charge in [0.15, 0.2) is 11.6 Å². The van der Waals surface area contributed by atoms with E-state index in [2.05, 4.69) is 0 Å². The topological polar surface area (TPSA) is 33.5 Å². The second-order valence-corrected chi connectivity index (χ2v) is 4.30. The van der Waals surface area contributed by atoms with Gasteiger partial charge in [-0.1, -0.05) is 0 Å². The van der Waals surface area contributed by atoms with Gasteiger partial charge in [0, 0.05) is 12.6 Å². The largest absolute Gasteiger partial charge is 0.464 e. The third-order valence-electron chi connectivity index (χ3n) is 2.70. The molecule has 1 aromatic carbocycles. The quantitative estimate of drug-likeness (QED) is 0.854. The molecule has 0 spiro atoms. The number of aryl methyl sites for hydroxylation is 1. The standard InChI is InChI=1S/C14H13F2NO2/c1-9-3-5-11(19-9)8-17(2)14(18)10-4-6-12(15)13(16)7-10/h3-7H,8H2,1-2H3. The first-order chi connectivity index (χ1) is 8.97. The van der Waals surface area contributed by atoms with E-state index >= 15 is 0 Å². The van der Waals surface area contributed by atoms with Crippen LogP contribution < -0.4 is 0 Å². The van der Waals surface area contributed by atoms with E-state index in [1.807, 2.05) is 0 Å². The normalized spacial score (nSPS) is 10.5. The number of halogens is 2. The zero-order valence-electron chi connectivity index (χ0n) is 10.6. The summed E-state index contributed by atoms with van der Waals surface area (Å²) in [5.41, 5.74) is 0.102. The number of rotatable bonds is 3. The lowest BCUT2D eigenvalue weighted by Gasteiger charge is -2.15. The summed E-state index contributed by atoms with van der Waals surface area (Å²) in [4.78, 5) is 13.4. The van der Waals surface area contributed by atoms with Crippen LogP contribution in [-0.4, -0.2) is 17.9 Å². The van der Waals surface area contributed by atoms with Crippen molar-refractivity contribution in [3.05, 3.63) is 59.1 Å². The van der Waals surface area contributed by atoms with Crippen molar-refractivity contribution in [3.63, 3.8) is 0 Å². The van der Waals surface area contributed by atoms with Crippen LogP contribution in [0.4, 0.5) is 8.78 Å². The summed E-state index contributed by atoms with van der Waals surface area (Å²) in [6, 6.07) is 6.65. The molecule has 100 valence electrons. The second kappa shape index (κ2) is 5.22. The van der Waals surface area contributed by atoms with Crippen LogP contribution in [0.25, 0.3) is 0 Å². The van der Waals surface area contributed by atoms with E-state index in [0.717, 1.165) is 17.9 Å². The maximum Gasteiger partial charge on any atom is 0.254 e. The molecule has 0 aliphatic heterocycles. The molecule has 0 radical (unpaired) electrons. The zero-order chi connectivity index (χ0) is 14.0. The Hall–Kier alpha value is -2.17. The number of furan rings is 1. The van der Waals surface area contributed by atoms with Gasteiger partial charge in [-0.15, -0.1) is 0 Å². The molecule has 0 bridgehead atoms. The predicted molar refractivity (Wildman–Crippen MR) is 65.6 cm³/mol. The number of benzene rings is 1. The van der Waals surface area contributed by atoms with Gasteiger partial charge in [-0.25, -0.2) is 8.78 Å². The van der Waals surface area contributed by atoms with Crippen molar-refractivity contribution in [1.82, 2.24) is 4.90 Å². The lowest BCUT2D eigenvalue weighted by atomic mass is 10.2. The lowest BCUT2D eigenvalue weighted by molar-refractivity contribution is 0.0774. The van der Waals surface area contributed by atoms with Crippen LogP contribution in [0.5, 0.6) is 0 Å². The summed E-state index contributed by atoms with van der Waals surface area (Å²) in [7, 11) is 1.57. The van der Waals surface area contributed by atoms with E-state index in [9.17, 15) is 13.6 Å². The van der Waals surface area contributed by atoms with Gasteiger partial charge in [0.2, 0.25) is 0 Å². The number of hydrogen-bond acceptors (Lipinski definition) is 2. The molecule has 2 rings (SSSR count). The third kappa shape index (κ3) is 2.99. The summed E-state index contributed by atoms with van der Waals surface area (Å²) in [5, 5.41) is 0. The molecular weight excluding hydrogens is 252 g/mol. The Morgan fingerprint density at radius 3 is 2.53 bits per heavy atom. The van der Waals surface area contributed by atoms with Crippen molar-refractivity contribution in [2.45, 2.75) is 13.5 Å². The van der Waals surface area contributed by atoms with Crippen LogP contribution in [0.2, 0.25) is 0 Å². The van der Waals surface area contributed by atoms with Crippen molar-refractivity contribution >= 4 is 5.91 Å². The Bertz CT molecular complexity index is 607. The molecule has 3 nitrogen and oxygen atoms in total. The number of nitrogens with zero attached hydrogens (tertiary/aromatic N) is 1. The van der Waals surface area contributed by atoms with E-state index in [4.69, 9.17) is 4.42 Å². The third-order valence-corrected chi connectivity index (χ3v) is 2.70. The second-order valence-electron chi connectivity index (χ2n) is 4.30. The number of hydrogen-bond donors (Lipinski definition) is 0. The van der Waals surface area contributed by atoms with Gasteiger partial charge in [0.25, 0.3) is 5.91 Å². The Kier molecular flexibility index (Phi) is 3.64. The molecule has 1 heterocycles. The summed E-state index contributed by atoms with van der Waals surface area (Å²) in [6.07, 6.45) is 0. The molecule has 1 aromatic heterocycles. The van der Waals surface area contributed by atoms with E-state index < -0.39 is 17.5 Å². The predicted octanol–water partition coefficient (Wildman–Crippen LogP) is 3.14. The fourth-order valence-corrected chi connectivity index (χ4v) is 1.73. The zero-order valence-corrected chi connectivity index (χ0v) is 10.6. The van der Waals surface area contributed by atoms with Gasteiger partial charge in [0.05, 0.1) is 6.54 Å². The van der Waals surface area contributed by atoms with Gasteiger partial charge < -0.3 is 9.32 Å². The monoisotopic (exact) mass is 265 g/mol. The Morgan fingerprint density at radius 1 is 1.21 bits per heavy atom. The van der Waals surface area contributed by atoms with Crippen molar-refractivity contribution in [3.8, 4) is 0 Å². The summed E-state index contributed by atoms with van der Waals surface area (Å²) in [6.45, 7) is 2.08. The number of carbonyl (C=O) groups excluding carboxylic acids is 1. The summed E-state index contributed by atoms with van der Waals surface area (Å²) >= 11 is 0. The first-order valence-electron chi connectivity index (χ1n) is 5.73. The molecular formula is C14H13F2NO2. The smallest absolute Gasteiger partial charge is 0.254 e. The molecule has 1 amide bonds. The van der Waals surface area contributed by atoms with Crippen molar-refractivity contribution in [1.29, 1.82) is 0 Å². The van der Waals surface area contributed by atoms with Gasteiger partial charge in [-0.05, 0) is 37.3 Å². The Labute approximate surface area is 109 Å². The van der Waals surface area contributed by atoms with E-state index in [1.54, 1.807) is 26.1 Å². The van der Waals surface area contributed by atoms with E-state index in [-0.39, 0.29) is 12.1 Å². The molecule has 0 fully saturated rings. The molecule has 0 aliphatic carbocycles. The number of amides is 1. The fourth-order valence-electron chi connectivity index (χ4n) is 1.73. The van der Waals surface area contributed by atoms with Gasteiger partial charge in [0.1, 0.15) is 11.5 Å². The van der Waals surface area contributed by atoms with Crippen LogP contribution in [0, 0.1) is 18.6 Å². The average Bonchev–Trinajstić information content (AvgIpc) is 2.77. The first-order valence-corrected chi connectivity index (χ1v) is 5.73. The molecule has 5 heteroatoms. The highest BCUT2D eigenvalue weighted by Gasteiger charge is 2.15. The molecule has 0 saturated carbocycles. The van der Waals surface area contributed by atoms with Crippen LogP contribution in [0.1, 0.15) is 21.9 Å². The highest BCUT2D eigenvalue weighted by Crippen LogP contribution is 2.13. The van der Waals surface area contributed by atoms with Crippen LogP contribution in [-0.2, 0) is 6.54 Å².